The Morgan fingerprint density at radius 3 is 2.55 bits per heavy atom. The van der Waals surface area contributed by atoms with Crippen LogP contribution in [-0.4, -0.2) is 57.1 Å². The van der Waals surface area contributed by atoms with Crippen molar-refractivity contribution in [1.29, 1.82) is 0 Å². The van der Waals surface area contributed by atoms with Crippen molar-refractivity contribution in [3.05, 3.63) is 17.0 Å². The minimum absolute atomic E-state index is 0.174. The van der Waals surface area contributed by atoms with Gasteiger partial charge in [0.1, 0.15) is 0 Å². The summed E-state index contributed by atoms with van der Waals surface area (Å²) >= 11 is 0. The van der Waals surface area contributed by atoms with Crippen molar-refractivity contribution in [3.8, 4) is 0 Å². The molecule has 2 aliphatic rings. The number of nitrogens with zero attached hydrogens (tertiary/aromatic N) is 4. The van der Waals surface area contributed by atoms with Crippen LogP contribution in [0.2, 0.25) is 0 Å². The Balaban J connectivity index is 1.78. The van der Waals surface area contributed by atoms with Gasteiger partial charge in [-0.15, -0.1) is 0 Å². The lowest BCUT2D eigenvalue weighted by molar-refractivity contribution is -0.135. The molecule has 2 aliphatic heterocycles. The van der Waals surface area contributed by atoms with Gasteiger partial charge in [0.05, 0.1) is 6.04 Å². The zero-order valence-electron chi connectivity index (χ0n) is 13.2. The maximum absolute atomic E-state index is 12.6. The van der Waals surface area contributed by atoms with Crippen molar-refractivity contribution in [2.75, 3.05) is 19.6 Å². The molecule has 0 aromatic carbocycles. The number of nitrogens with two attached hydrogens (primary N) is 1. The number of likely N-dealkylation sites (tertiary alicyclic amines) is 1. The van der Waals surface area contributed by atoms with Gasteiger partial charge >= 0.3 is 0 Å². The Hall–Kier alpha value is -1.89. The second-order valence-electron chi connectivity index (χ2n) is 6.19. The van der Waals surface area contributed by atoms with Crippen LogP contribution in [0.1, 0.15) is 41.5 Å². The monoisotopic (exact) mass is 305 g/mol. The molecule has 3 heterocycles. The summed E-state index contributed by atoms with van der Waals surface area (Å²) in [6.07, 6.45) is 2.97. The van der Waals surface area contributed by atoms with E-state index in [2.05, 4.69) is 10.00 Å². The predicted molar refractivity (Wildman–Crippen MR) is 81.1 cm³/mol. The zero-order valence-corrected chi connectivity index (χ0v) is 13.2. The lowest BCUT2D eigenvalue weighted by atomic mass is 10.0. The van der Waals surface area contributed by atoms with Crippen molar-refractivity contribution in [2.24, 2.45) is 12.8 Å². The minimum Gasteiger partial charge on any atom is -0.364 e. The molecule has 7 nitrogen and oxygen atoms in total. The first-order chi connectivity index (χ1) is 10.5. The van der Waals surface area contributed by atoms with Gasteiger partial charge in [-0.05, 0) is 19.8 Å². The molecule has 0 bridgehead atoms. The van der Waals surface area contributed by atoms with Gasteiger partial charge < -0.3 is 10.6 Å². The lowest BCUT2D eigenvalue weighted by Gasteiger charge is -2.33. The van der Waals surface area contributed by atoms with E-state index in [1.165, 1.54) is 0 Å². The van der Waals surface area contributed by atoms with Crippen LogP contribution < -0.4 is 5.73 Å². The first-order valence-electron chi connectivity index (χ1n) is 7.86. The average Bonchev–Trinajstić information content (AvgIpc) is 3.14. The van der Waals surface area contributed by atoms with Crippen molar-refractivity contribution in [1.82, 2.24) is 19.6 Å². The van der Waals surface area contributed by atoms with Gasteiger partial charge in [-0.1, -0.05) is 0 Å². The third-order valence-corrected chi connectivity index (χ3v) is 4.83. The highest BCUT2D eigenvalue weighted by atomic mass is 16.2. The molecule has 120 valence electrons. The zero-order chi connectivity index (χ0) is 15.9. The third kappa shape index (κ3) is 2.49. The standard InChI is InChI=1S/C15H23N5O2/c1-10(15(22)19-6-3-4-7-19)20-8-5-12-11(9-20)13(14(16)21)17-18(12)2/h10H,3-9H2,1-2H3,(H2,16,21). The first-order valence-corrected chi connectivity index (χ1v) is 7.86. The summed E-state index contributed by atoms with van der Waals surface area (Å²) in [5.41, 5.74) is 7.68. The summed E-state index contributed by atoms with van der Waals surface area (Å²) in [5.74, 6) is -0.317. The largest absolute Gasteiger partial charge is 0.364 e. The molecule has 0 spiro atoms. The van der Waals surface area contributed by atoms with Gasteiger partial charge in [0.15, 0.2) is 5.69 Å². The SMILES string of the molecule is CC(C(=O)N1CCCC1)N1CCc2c(c(C(N)=O)nn2C)C1. The number of primary amides is 1. The number of aromatic nitrogens is 2. The predicted octanol–water partition coefficient (Wildman–Crippen LogP) is -0.112. The second-order valence-corrected chi connectivity index (χ2v) is 6.19. The second kappa shape index (κ2) is 5.72. The molecule has 0 radical (unpaired) electrons. The van der Waals surface area contributed by atoms with Gasteiger partial charge in [0.25, 0.3) is 5.91 Å². The molecule has 1 atom stereocenters. The molecule has 0 saturated carbocycles. The summed E-state index contributed by atoms with van der Waals surface area (Å²) in [4.78, 5) is 28.2. The molecule has 22 heavy (non-hydrogen) atoms. The van der Waals surface area contributed by atoms with Gasteiger partial charge in [0, 0.05) is 50.9 Å². The maximum Gasteiger partial charge on any atom is 0.269 e. The van der Waals surface area contributed by atoms with Gasteiger partial charge in [-0.3, -0.25) is 19.2 Å². The number of rotatable bonds is 3. The number of hydrogen-bond acceptors (Lipinski definition) is 4. The van der Waals surface area contributed by atoms with Gasteiger partial charge in [-0.2, -0.15) is 5.10 Å². The number of carbonyl (C=O) groups is 2. The smallest absolute Gasteiger partial charge is 0.269 e. The molecule has 1 saturated heterocycles. The van der Waals surface area contributed by atoms with E-state index in [9.17, 15) is 9.59 Å². The Bertz CT molecular complexity index is 603. The fourth-order valence-electron chi connectivity index (χ4n) is 3.50. The minimum atomic E-state index is -0.503. The molecule has 1 unspecified atom stereocenters. The van der Waals surface area contributed by atoms with E-state index < -0.39 is 5.91 Å². The fourth-order valence-corrected chi connectivity index (χ4v) is 3.50. The van der Waals surface area contributed by atoms with Crippen molar-refractivity contribution in [2.45, 2.75) is 38.8 Å². The highest BCUT2D eigenvalue weighted by Crippen LogP contribution is 2.24. The van der Waals surface area contributed by atoms with Gasteiger partial charge in [0.2, 0.25) is 5.91 Å². The van der Waals surface area contributed by atoms with Crippen LogP contribution in [0.3, 0.4) is 0 Å². The Morgan fingerprint density at radius 1 is 1.23 bits per heavy atom. The number of carbonyl (C=O) groups excluding carboxylic acids is 2. The molecule has 1 fully saturated rings. The van der Waals surface area contributed by atoms with E-state index >= 15 is 0 Å². The topological polar surface area (TPSA) is 84.5 Å². The number of hydrogen-bond donors (Lipinski definition) is 1. The van der Waals surface area contributed by atoms with Crippen LogP contribution in [0.5, 0.6) is 0 Å². The van der Waals surface area contributed by atoms with E-state index in [1.807, 2.05) is 18.9 Å². The van der Waals surface area contributed by atoms with E-state index in [-0.39, 0.29) is 11.9 Å². The van der Waals surface area contributed by atoms with Crippen LogP contribution in [0, 0.1) is 0 Å². The van der Waals surface area contributed by atoms with E-state index in [0.29, 0.717) is 12.2 Å². The highest BCUT2D eigenvalue weighted by molar-refractivity contribution is 5.92. The van der Waals surface area contributed by atoms with Crippen LogP contribution in [0.25, 0.3) is 0 Å². The number of aryl methyl sites for hydroxylation is 1. The normalized spacial score (nSPS) is 20.0. The summed E-state index contributed by atoms with van der Waals surface area (Å²) in [6.45, 7) is 5.03. The molecule has 1 aromatic heterocycles. The highest BCUT2D eigenvalue weighted by Gasteiger charge is 2.33. The number of amides is 2. The quantitative estimate of drug-likeness (QED) is 0.844. The molecular formula is C15H23N5O2. The van der Waals surface area contributed by atoms with Crippen LogP contribution >= 0.6 is 0 Å². The van der Waals surface area contributed by atoms with Crippen LogP contribution in [0.4, 0.5) is 0 Å². The molecule has 2 amide bonds. The van der Waals surface area contributed by atoms with E-state index in [1.54, 1.807) is 4.68 Å². The van der Waals surface area contributed by atoms with Crippen molar-refractivity contribution >= 4 is 11.8 Å². The first kappa shape index (κ1) is 15.0. The molecular weight excluding hydrogens is 282 g/mol. The summed E-state index contributed by atoms with van der Waals surface area (Å²) in [7, 11) is 1.83. The van der Waals surface area contributed by atoms with Crippen molar-refractivity contribution < 1.29 is 9.59 Å². The van der Waals surface area contributed by atoms with Crippen LogP contribution in [0.15, 0.2) is 0 Å². The van der Waals surface area contributed by atoms with Crippen molar-refractivity contribution in [3.63, 3.8) is 0 Å². The molecule has 0 aliphatic carbocycles. The van der Waals surface area contributed by atoms with Gasteiger partial charge in [-0.25, -0.2) is 0 Å². The molecule has 2 N–H and O–H groups in total. The molecule has 3 rings (SSSR count). The number of fused-ring (bicyclic) bond motifs is 1. The Morgan fingerprint density at radius 2 is 1.91 bits per heavy atom. The van der Waals surface area contributed by atoms with E-state index in [0.717, 1.165) is 50.2 Å². The third-order valence-electron chi connectivity index (χ3n) is 4.83. The summed E-state index contributed by atoms with van der Waals surface area (Å²) in [6, 6.07) is -0.174. The average molecular weight is 305 g/mol. The fraction of sp³-hybridized carbons (Fsp3) is 0.667. The lowest BCUT2D eigenvalue weighted by Crippen LogP contribution is -2.48. The van der Waals surface area contributed by atoms with E-state index in [4.69, 9.17) is 5.73 Å². The molecule has 1 aromatic rings. The molecule has 7 heteroatoms. The summed E-state index contributed by atoms with van der Waals surface area (Å²) < 4.78 is 1.74. The Kier molecular flexibility index (Phi) is 3.90. The summed E-state index contributed by atoms with van der Waals surface area (Å²) in [5, 5.41) is 4.23. The Labute approximate surface area is 130 Å². The maximum atomic E-state index is 12.6. The van der Waals surface area contributed by atoms with Crippen LogP contribution in [-0.2, 0) is 24.8 Å².